The topological polar surface area (TPSA) is 49.4 Å². The molecule has 1 N–H and O–H groups in total. The second kappa shape index (κ2) is 6.56. The molecule has 114 valence electrons. The second-order valence-corrected chi connectivity index (χ2v) is 6.05. The fourth-order valence-corrected chi connectivity index (χ4v) is 3.11. The number of amides is 2. The molecular weight excluding hydrogens is 339 g/mol. The van der Waals surface area contributed by atoms with Crippen LogP contribution in [0.25, 0.3) is 0 Å². The van der Waals surface area contributed by atoms with Gasteiger partial charge in [-0.05, 0) is 36.6 Å². The lowest BCUT2D eigenvalue weighted by Gasteiger charge is -2.38. The van der Waals surface area contributed by atoms with Crippen LogP contribution in [0.5, 0.6) is 0 Å². The van der Waals surface area contributed by atoms with Gasteiger partial charge in [0.15, 0.2) is 0 Å². The van der Waals surface area contributed by atoms with E-state index < -0.39 is 12.1 Å². The number of nitrogens with one attached hydrogen (secondary N) is 1. The third-order valence-electron chi connectivity index (χ3n) is 3.65. The average molecular weight is 357 g/mol. The van der Waals surface area contributed by atoms with Gasteiger partial charge in [0.25, 0.3) is 0 Å². The van der Waals surface area contributed by atoms with Gasteiger partial charge < -0.3 is 10.2 Å². The molecule has 1 saturated heterocycles. The summed E-state index contributed by atoms with van der Waals surface area (Å²) in [7, 11) is 0. The van der Waals surface area contributed by atoms with Crippen molar-refractivity contribution in [2.24, 2.45) is 0 Å². The Kier molecular flexibility index (Phi) is 4.98. The Morgan fingerprint density at radius 3 is 2.52 bits per heavy atom. The third-order valence-corrected chi connectivity index (χ3v) is 4.10. The molecule has 1 aromatic carbocycles. The van der Waals surface area contributed by atoms with Crippen molar-refractivity contribution in [2.45, 2.75) is 45.3 Å². The maximum Gasteiger partial charge on any atom is 0.246 e. The molecule has 1 aliphatic heterocycles. The molecule has 0 bridgehead atoms. The van der Waals surface area contributed by atoms with E-state index in [4.69, 9.17) is 0 Å². The smallest absolute Gasteiger partial charge is 0.246 e. The number of nitrogens with zero attached hydrogens (tertiary/aromatic N) is 1. The lowest BCUT2D eigenvalue weighted by atomic mass is 10.0. The molecule has 0 aromatic heterocycles. The Morgan fingerprint density at radius 1 is 1.24 bits per heavy atom. The lowest BCUT2D eigenvalue weighted by Crippen LogP contribution is -2.62. The summed E-state index contributed by atoms with van der Waals surface area (Å²) in [5.74, 6) is -0.614. The summed E-state index contributed by atoms with van der Waals surface area (Å²) in [4.78, 5) is 26.1. The molecule has 4 nitrogen and oxygen atoms in total. The van der Waals surface area contributed by atoms with Crippen LogP contribution in [0.2, 0.25) is 0 Å². The molecule has 6 heteroatoms. The van der Waals surface area contributed by atoms with Crippen molar-refractivity contribution in [1.82, 2.24) is 10.2 Å². The second-order valence-electron chi connectivity index (χ2n) is 5.14. The number of hydrogen-bond acceptors (Lipinski definition) is 2. The van der Waals surface area contributed by atoms with Crippen LogP contribution in [0.1, 0.15) is 32.3 Å². The van der Waals surface area contributed by atoms with Crippen LogP contribution in [0.3, 0.4) is 0 Å². The normalized spacial score (nSPS) is 22.4. The van der Waals surface area contributed by atoms with E-state index in [1.807, 2.05) is 13.8 Å². The zero-order valence-corrected chi connectivity index (χ0v) is 13.6. The maximum absolute atomic E-state index is 13.5. The molecule has 2 amide bonds. The summed E-state index contributed by atoms with van der Waals surface area (Å²) in [6.45, 7) is 3.95. The standard InChI is InChI=1S/C15H18BrFN2O2/c1-3-12-15(21)19(13(4-2)14(20)18-12)8-9-5-10(16)7-11(17)6-9/h5-7,12-13H,3-4,8H2,1-2H3,(H,18,20). The fraction of sp³-hybridized carbons (Fsp3) is 0.467. The van der Waals surface area contributed by atoms with Crippen LogP contribution in [-0.2, 0) is 16.1 Å². The van der Waals surface area contributed by atoms with Gasteiger partial charge in [-0.3, -0.25) is 9.59 Å². The summed E-state index contributed by atoms with van der Waals surface area (Å²) in [6.07, 6.45) is 1.08. The van der Waals surface area contributed by atoms with Crippen molar-refractivity contribution in [3.8, 4) is 0 Å². The Morgan fingerprint density at radius 2 is 1.95 bits per heavy atom. The number of rotatable bonds is 4. The molecule has 1 aliphatic rings. The molecule has 2 unspecified atom stereocenters. The zero-order valence-electron chi connectivity index (χ0n) is 12.0. The Labute approximate surface area is 131 Å². The van der Waals surface area contributed by atoms with Crippen molar-refractivity contribution in [1.29, 1.82) is 0 Å². The first-order valence-corrected chi connectivity index (χ1v) is 7.81. The Bertz CT molecular complexity index is 544. The molecule has 21 heavy (non-hydrogen) atoms. The van der Waals surface area contributed by atoms with E-state index in [0.717, 1.165) is 0 Å². The Hall–Kier alpha value is -1.43. The number of piperazine rings is 1. The van der Waals surface area contributed by atoms with E-state index in [9.17, 15) is 14.0 Å². The predicted molar refractivity (Wildman–Crippen MR) is 81.0 cm³/mol. The number of carbonyl (C=O) groups is 2. The van der Waals surface area contributed by atoms with Gasteiger partial charge in [0.1, 0.15) is 17.9 Å². The average Bonchev–Trinajstić information content (AvgIpc) is 2.41. The lowest BCUT2D eigenvalue weighted by molar-refractivity contribution is -0.150. The monoisotopic (exact) mass is 356 g/mol. The van der Waals surface area contributed by atoms with Gasteiger partial charge in [0, 0.05) is 11.0 Å². The molecule has 2 rings (SSSR count). The SMILES string of the molecule is CCC1NC(=O)C(CC)N(Cc2cc(F)cc(Br)c2)C1=O. The van der Waals surface area contributed by atoms with E-state index in [1.54, 1.807) is 11.0 Å². The van der Waals surface area contributed by atoms with Gasteiger partial charge in [-0.1, -0.05) is 29.8 Å². The fourth-order valence-electron chi connectivity index (χ4n) is 2.59. The third kappa shape index (κ3) is 3.43. The van der Waals surface area contributed by atoms with Crippen molar-refractivity contribution >= 4 is 27.7 Å². The van der Waals surface area contributed by atoms with E-state index in [1.165, 1.54) is 12.1 Å². The molecule has 0 saturated carbocycles. The minimum atomic E-state index is -0.498. The minimum absolute atomic E-state index is 0.107. The maximum atomic E-state index is 13.5. The molecule has 0 aliphatic carbocycles. The van der Waals surface area contributed by atoms with Gasteiger partial charge in [0.2, 0.25) is 11.8 Å². The largest absolute Gasteiger partial charge is 0.343 e. The molecular formula is C15H18BrFN2O2. The summed E-state index contributed by atoms with van der Waals surface area (Å²) in [5.41, 5.74) is 0.665. The highest BCUT2D eigenvalue weighted by Gasteiger charge is 2.38. The summed E-state index contributed by atoms with van der Waals surface area (Å²) < 4.78 is 14.1. The summed E-state index contributed by atoms with van der Waals surface area (Å²) >= 11 is 3.24. The van der Waals surface area contributed by atoms with Gasteiger partial charge in [-0.25, -0.2) is 4.39 Å². The molecule has 1 aromatic rings. The number of halogens is 2. The quantitative estimate of drug-likeness (QED) is 0.901. The minimum Gasteiger partial charge on any atom is -0.343 e. The first-order valence-electron chi connectivity index (χ1n) is 7.02. The van der Waals surface area contributed by atoms with Gasteiger partial charge in [-0.15, -0.1) is 0 Å². The summed E-state index contributed by atoms with van der Waals surface area (Å²) in [6, 6.07) is 3.52. The van der Waals surface area contributed by atoms with Crippen LogP contribution in [-0.4, -0.2) is 28.8 Å². The van der Waals surface area contributed by atoms with Crippen LogP contribution in [0.15, 0.2) is 22.7 Å². The molecule has 0 spiro atoms. The van der Waals surface area contributed by atoms with Crippen molar-refractivity contribution in [2.75, 3.05) is 0 Å². The molecule has 0 radical (unpaired) electrons. The molecule has 1 heterocycles. The van der Waals surface area contributed by atoms with E-state index in [2.05, 4.69) is 21.2 Å². The number of benzene rings is 1. The number of hydrogen-bond donors (Lipinski definition) is 1. The molecule has 1 fully saturated rings. The number of carbonyl (C=O) groups excluding carboxylic acids is 2. The zero-order chi connectivity index (χ0) is 15.6. The van der Waals surface area contributed by atoms with Gasteiger partial charge in [-0.2, -0.15) is 0 Å². The van der Waals surface area contributed by atoms with E-state index in [0.29, 0.717) is 22.9 Å². The van der Waals surface area contributed by atoms with Gasteiger partial charge in [0.05, 0.1) is 0 Å². The van der Waals surface area contributed by atoms with Crippen molar-refractivity contribution in [3.05, 3.63) is 34.1 Å². The van der Waals surface area contributed by atoms with E-state index >= 15 is 0 Å². The molecule has 2 atom stereocenters. The Balaban J connectivity index is 2.28. The highest BCUT2D eigenvalue weighted by Crippen LogP contribution is 2.21. The van der Waals surface area contributed by atoms with Crippen LogP contribution < -0.4 is 5.32 Å². The predicted octanol–water partition coefficient (Wildman–Crippen LogP) is 2.60. The highest BCUT2D eigenvalue weighted by atomic mass is 79.9. The van der Waals surface area contributed by atoms with Crippen LogP contribution in [0, 0.1) is 5.82 Å². The van der Waals surface area contributed by atoms with Crippen LogP contribution in [0.4, 0.5) is 4.39 Å². The first kappa shape index (κ1) is 15.9. The van der Waals surface area contributed by atoms with E-state index in [-0.39, 0.29) is 24.2 Å². The van der Waals surface area contributed by atoms with Gasteiger partial charge >= 0.3 is 0 Å². The first-order chi connectivity index (χ1) is 9.96. The van der Waals surface area contributed by atoms with Crippen molar-refractivity contribution < 1.29 is 14.0 Å². The van der Waals surface area contributed by atoms with Crippen LogP contribution >= 0.6 is 15.9 Å². The summed E-state index contributed by atoms with van der Waals surface area (Å²) in [5, 5.41) is 2.74. The van der Waals surface area contributed by atoms with Crippen molar-refractivity contribution in [3.63, 3.8) is 0 Å². The highest BCUT2D eigenvalue weighted by molar-refractivity contribution is 9.10.